The van der Waals surface area contributed by atoms with Crippen LogP contribution in [0.4, 0.5) is 5.69 Å². The zero-order valence-corrected chi connectivity index (χ0v) is 25.1. The number of carbonyl (C=O) groups is 2. The molecule has 0 aromatic heterocycles. The molecule has 0 radical (unpaired) electrons. The number of amides is 2. The Morgan fingerprint density at radius 3 is 2.11 bits per heavy atom. The zero-order valence-electron chi connectivity index (χ0n) is 22.1. The van der Waals surface area contributed by atoms with Gasteiger partial charge in [0.2, 0.25) is 11.8 Å². The molecule has 0 saturated carbocycles. The van der Waals surface area contributed by atoms with E-state index in [1.807, 2.05) is 45.0 Å². The fourth-order valence-corrected chi connectivity index (χ4v) is 5.66. The molecule has 0 spiro atoms. The second-order valence-electron chi connectivity index (χ2n) is 9.56. The van der Waals surface area contributed by atoms with Crippen molar-refractivity contribution in [2.24, 2.45) is 5.92 Å². The van der Waals surface area contributed by atoms with Crippen LogP contribution in [0.3, 0.4) is 0 Å². The first kappa shape index (κ1) is 29.6. The van der Waals surface area contributed by atoms with Crippen LogP contribution in [-0.4, -0.2) is 44.3 Å². The molecule has 202 valence electrons. The van der Waals surface area contributed by atoms with Gasteiger partial charge in [0.05, 0.1) is 10.6 Å². The normalized spacial score (nSPS) is 12.2. The summed E-state index contributed by atoms with van der Waals surface area (Å²) >= 11 is 2.14. The molecular formula is C29H34IN3O4S. The van der Waals surface area contributed by atoms with E-state index in [0.29, 0.717) is 12.2 Å². The molecule has 0 bridgehead atoms. The molecule has 1 unspecified atom stereocenters. The lowest BCUT2D eigenvalue weighted by molar-refractivity contribution is -0.139. The molecule has 0 heterocycles. The zero-order chi connectivity index (χ0) is 27.9. The molecule has 0 aliphatic rings. The molecule has 1 N–H and O–H groups in total. The average Bonchev–Trinajstić information content (AvgIpc) is 2.90. The van der Waals surface area contributed by atoms with Gasteiger partial charge >= 0.3 is 0 Å². The van der Waals surface area contributed by atoms with E-state index in [2.05, 4.69) is 27.9 Å². The van der Waals surface area contributed by atoms with Crippen molar-refractivity contribution in [2.75, 3.05) is 17.4 Å². The summed E-state index contributed by atoms with van der Waals surface area (Å²) in [6.45, 7) is 7.81. The van der Waals surface area contributed by atoms with Crippen LogP contribution in [0.1, 0.15) is 31.9 Å². The highest BCUT2D eigenvalue weighted by Crippen LogP contribution is 2.25. The van der Waals surface area contributed by atoms with Gasteiger partial charge in [-0.25, -0.2) is 8.42 Å². The lowest BCUT2D eigenvalue weighted by Gasteiger charge is -2.32. The fourth-order valence-electron chi connectivity index (χ4n) is 3.86. The van der Waals surface area contributed by atoms with Crippen LogP contribution < -0.4 is 9.62 Å². The van der Waals surface area contributed by atoms with Crippen molar-refractivity contribution in [3.63, 3.8) is 0 Å². The molecular weight excluding hydrogens is 613 g/mol. The van der Waals surface area contributed by atoms with Crippen molar-refractivity contribution in [3.05, 3.63) is 93.6 Å². The Kier molecular flexibility index (Phi) is 10.3. The van der Waals surface area contributed by atoms with Crippen molar-refractivity contribution in [3.8, 4) is 0 Å². The molecule has 2 amide bonds. The highest BCUT2D eigenvalue weighted by Gasteiger charge is 2.32. The van der Waals surface area contributed by atoms with Crippen LogP contribution in [0, 0.1) is 16.4 Å². The summed E-state index contributed by atoms with van der Waals surface area (Å²) < 4.78 is 29.5. The molecule has 38 heavy (non-hydrogen) atoms. The number of hydrogen-bond acceptors (Lipinski definition) is 4. The second kappa shape index (κ2) is 13.2. The number of nitrogens with zero attached hydrogens (tertiary/aromatic N) is 2. The predicted octanol–water partition coefficient (Wildman–Crippen LogP) is 4.98. The van der Waals surface area contributed by atoms with Crippen LogP contribution in [0.2, 0.25) is 0 Å². The Morgan fingerprint density at radius 2 is 1.50 bits per heavy atom. The van der Waals surface area contributed by atoms with Gasteiger partial charge in [-0.1, -0.05) is 56.3 Å². The van der Waals surface area contributed by atoms with E-state index in [9.17, 15) is 18.0 Å². The van der Waals surface area contributed by atoms with Gasteiger partial charge in [0, 0.05) is 16.7 Å². The van der Waals surface area contributed by atoms with Crippen molar-refractivity contribution >= 4 is 50.1 Å². The van der Waals surface area contributed by atoms with E-state index in [0.717, 1.165) is 19.0 Å². The predicted molar refractivity (Wildman–Crippen MR) is 159 cm³/mol. The van der Waals surface area contributed by atoms with Crippen LogP contribution in [0.5, 0.6) is 0 Å². The first-order chi connectivity index (χ1) is 18.0. The number of halogens is 1. The number of aryl methyl sites for hydroxylation is 1. The van der Waals surface area contributed by atoms with Crippen LogP contribution >= 0.6 is 22.6 Å². The summed E-state index contributed by atoms with van der Waals surface area (Å²) in [7, 11) is -4.06. The molecule has 1 atom stereocenters. The standard InChI is InChI=1S/C29H34IN3O4S/c1-21(2)18-31-29(35)23(4)32(19-24-11-9-8-10-22(24)3)28(34)20-33(26-16-14-25(30)15-17-26)38(36,37)27-12-6-5-7-13-27/h5-17,21,23H,18-20H2,1-4H3,(H,31,35). The fraction of sp³-hybridized carbons (Fsp3) is 0.310. The summed E-state index contributed by atoms with van der Waals surface area (Å²) in [4.78, 5) is 28.5. The van der Waals surface area contributed by atoms with Crippen LogP contribution in [0.15, 0.2) is 83.8 Å². The van der Waals surface area contributed by atoms with Crippen molar-refractivity contribution in [1.29, 1.82) is 0 Å². The molecule has 9 heteroatoms. The molecule has 0 aliphatic heterocycles. The van der Waals surface area contributed by atoms with Gasteiger partial charge in [-0.15, -0.1) is 0 Å². The quantitative estimate of drug-likeness (QED) is 0.298. The summed E-state index contributed by atoms with van der Waals surface area (Å²) in [6, 6.07) is 21.8. The average molecular weight is 648 g/mol. The molecule has 0 fully saturated rings. The maximum Gasteiger partial charge on any atom is 0.264 e. The van der Waals surface area contributed by atoms with Gasteiger partial charge in [-0.05, 0) is 89.9 Å². The Hall–Kier alpha value is -2.92. The third-order valence-corrected chi connectivity index (χ3v) is 8.69. The Morgan fingerprint density at radius 1 is 0.895 bits per heavy atom. The number of benzene rings is 3. The van der Waals surface area contributed by atoms with E-state index in [-0.39, 0.29) is 23.3 Å². The summed E-state index contributed by atoms with van der Waals surface area (Å²) in [5.41, 5.74) is 2.23. The molecule has 3 aromatic rings. The third-order valence-electron chi connectivity index (χ3n) is 6.18. The van der Waals surface area contributed by atoms with Gasteiger partial charge in [-0.3, -0.25) is 13.9 Å². The lowest BCUT2D eigenvalue weighted by Crippen LogP contribution is -2.51. The monoisotopic (exact) mass is 647 g/mol. The number of nitrogens with one attached hydrogen (secondary N) is 1. The highest BCUT2D eigenvalue weighted by molar-refractivity contribution is 14.1. The minimum absolute atomic E-state index is 0.0829. The number of rotatable bonds is 11. The largest absolute Gasteiger partial charge is 0.354 e. The Labute approximate surface area is 239 Å². The third kappa shape index (κ3) is 7.57. The highest BCUT2D eigenvalue weighted by atomic mass is 127. The van der Waals surface area contributed by atoms with E-state index < -0.39 is 28.5 Å². The van der Waals surface area contributed by atoms with Crippen molar-refractivity contribution < 1.29 is 18.0 Å². The molecule has 3 rings (SSSR count). The van der Waals surface area contributed by atoms with E-state index in [1.54, 1.807) is 49.4 Å². The van der Waals surface area contributed by atoms with E-state index in [4.69, 9.17) is 0 Å². The lowest BCUT2D eigenvalue weighted by atomic mass is 10.1. The van der Waals surface area contributed by atoms with E-state index in [1.165, 1.54) is 17.0 Å². The van der Waals surface area contributed by atoms with Crippen LogP contribution in [-0.2, 0) is 26.2 Å². The summed E-state index contributed by atoms with van der Waals surface area (Å²) in [5.74, 6) is -0.509. The maximum absolute atomic E-state index is 13.9. The van der Waals surface area contributed by atoms with Gasteiger partial charge in [0.15, 0.2) is 0 Å². The van der Waals surface area contributed by atoms with E-state index >= 15 is 0 Å². The van der Waals surface area contributed by atoms with Gasteiger partial charge in [-0.2, -0.15) is 0 Å². The number of hydrogen-bond donors (Lipinski definition) is 1. The first-order valence-electron chi connectivity index (χ1n) is 12.5. The number of carbonyl (C=O) groups excluding carboxylic acids is 2. The SMILES string of the molecule is Cc1ccccc1CN(C(=O)CN(c1ccc(I)cc1)S(=O)(=O)c1ccccc1)C(C)C(=O)NCC(C)C. The maximum atomic E-state index is 13.9. The smallest absolute Gasteiger partial charge is 0.264 e. The molecule has 0 saturated heterocycles. The minimum atomic E-state index is -4.06. The Bertz CT molecular complexity index is 1350. The van der Waals surface area contributed by atoms with Crippen LogP contribution in [0.25, 0.3) is 0 Å². The number of anilines is 1. The second-order valence-corrected chi connectivity index (χ2v) is 12.7. The molecule has 7 nitrogen and oxygen atoms in total. The molecule has 0 aliphatic carbocycles. The Balaban J connectivity index is 2.00. The topological polar surface area (TPSA) is 86.8 Å². The molecule has 3 aromatic carbocycles. The number of sulfonamides is 1. The summed E-state index contributed by atoms with van der Waals surface area (Å²) in [6.07, 6.45) is 0. The van der Waals surface area contributed by atoms with Gasteiger partial charge in [0.25, 0.3) is 10.0 Å². The van der Waals surface area contributed by atoms with Gasteiger partial charge in [0.1, 0.15) is 12.6 Å². The summed E-state index contributed by atoms with van der Waals surface area (Å²) in [5, 5.41) is 2.90. The first-order valence-corrected chi connectivity index (χ1v) is 15.0. The van der Waals surface area contributed by atoms with Gasteiger partial charge < -0.3 is 10.2 Å². The van der Waals surface area contributed by atoms with Crippen molar-refractivity contribution in [2.45, 2.75) is 45.2 Å². The van der Waals surface area contributed by atoms with Crippen molar-refractivity contribution in [1.82, 2.24) is 10.2 Å². The minimum Gasteiger partial charge on any atom is -0.354 e.